The number of phenolic OH excluding ortho intramolecular Hbond substituents is 2. The summed E-state index contributed by atoms with van der Waals surface area (Å²) >= 11 is 0. The second-order valence-corrected chi connectivity index (χ2v) is 6.31. The van der Waals surface area contributed by atoms with Gasteiger partial charge in [0.25, 0.3) is 0 Å². The van der Waals surface area contributed by atoms with Gasteiger partial charge in [-0.15, -0.1) is 0 Å². The molecular formula is C18H24N4O2. The molecule has 128 valence electrons. The highest BCUT2D eigenvalue weighted by molar-refractivity contribution is 5.48. The summed E-state index contributed by atoms with van der Waals surface area (Å²) in [6, 6.07) is 10.5. The Morgan fingerprint density at radius 1 is 1.00 bits per heavy atom. The summed E-state index contributed by atoms with van der Waals surface area (Å²) in [6.07, 6.45) is 0.687. The van der Waals surface area contributed by atoms with Crippen molar-refractivity contribution in [2.45, 2.75) is 19.0 Å². The van der Waals surface area contributed by atoms with Gasteiger partial charge in [-0.25, -0.2) is 0 Å². The molecule has 1 heterocycles. The van der Waals surface area contributed by atoms with E-state index >= 15 is 0 Å². The van der Waals surface area contributed by atoms with Gasteiger partial charge in [0.15, 0.2) is 0 Å². The van der Waals surface area contributed by atoms with E-state index in [4.69, 9.17) is 11.5 Å². The number of nitrogens with one attached hydrogen (secondary N) is 1. The van der Waals surface area contributed by atoms with E-state index < -0.39 is 0 Å². The highest BCUT2D eigenvalue weighted by Crippen LogP contribution is 2.26. The van der Waals surface area contributed by atoms with Crippen LogP contribution in [0.15, 0.2) is 36.4 Å². The quantitative estimate of drug-likeness (QED) is 0.427. The van der Waals surface area contributed by atoms with Crippen LogP contribution in [-0.2, 0) is 13.0 Å². The highest BCUT2D eigenvalue weighted by Gasteiger charge is 2.24. The lowest BCUT2D eigenvalue weighted by Crippen LogP contribution is -2.51. The van der Waals surface area contributed by atoms with Crippen LogP contribution in [0.1, 0.15) is 11.1 Å². The van der Waals surface area contributed by atoms with Crippen LogP contribution in [0.5, 0.6) is 11.5 Å². The molecule has 1 fully saturated rings. The summed E-state index contributed by atoms with van der Waals surface area (Å²) in [7, 11) is 0. The summed E-state index contributed by atoms with van der Waals surface area (Å²) in [5.74, 6) is 0.523. The summed E-state index contributed by atoms with van der Waals surface area (Å²) in [5.41, 5.74) is 14.6. The summed E-state index contributed by atoms with van der Waals surface area (Å²) in [6.45, 7) is 3.19. The Morgan fingerprint density at radius 3 is 2.33 bits per heavy atom. The number of nitrogen functional groups attached to an aromatic ring is 2. The number of anilines is 2. The van der Waals surface area contributed by atoms with E-state index in [9.17, 15) is 10.2 Å². The number of rotatable bonds is 4. The number of benzene rings is 2. The van der Waals surface area contributed by atoms with Crippen LogP contribution in [0.25, 0.3) is 0 Å². The minimum absolute atomic E-state index is 0.201. The van der Waals surface area contributed by atoms with Crippen molar-refractivity contribution in [3.05, 3.63) is 47.5 Å². The number of piperazine rings is 1. The number of aromatic hydroxyl groups is 2. The third-order valence-corrected chi connectivity index (χ3v) is 4.51. The van der Waals surface area contributed by atoms with Crippen molar-refractivity contribution in [3.63, 3.8) is 0 Å². The first-order valence-corrected chi connectivity index (χ1v) is 8.12. The molecule has 1 aliphatic rings. The maximum atomic E-state index is 10.1. The summed E-state index contributed by atoms with van der Waals surface area (Å²) < 4.78 is 0. The molecular weight excluding hydrogens is 304 g/mol. The molecule has 3 rings (SSSR count). The Bertz CT molecular complexity index is 659. The third-order valence-electron chi connectivity index (χ3n) is 4.51. The fourth-order valence-electron chi connectivity index (χ4n) is 3.19. The van der Waals surface area contributed by atoms with Gasteiger partial charge in [-0.05, 0) is 48.4 Å². The van der Waals surface area contributed by atoms with Gasteiger partial charge in [0, 0.05) is 49.2 Å². The average Bonchev–Trinajstić information content (AvgIpc) is 2.56. The molecule has 7 N–H and O–H groups in total. The molecule has 0 aliphatic carbocycles. The Kier molecular flexibility index (Phi) is 4.78. The van der Waals surface area contributed by atoms with E-state index in [0.717, 1.165) is 30.8 Å². The van der Waals surface area contributed by atoms with Gasteiger partial charge in [0.1, 0.15) is 11.5 Å². The fourth-order valence-corrected chi connectivity index (χ4v) is 3.19. The van der Waals surface area contributed by atoms with E-state index in [1.165, 1.54) is 0 Å². The fraction of sp³-hybridized carbons (Fsp3) is 0.333. The molecule has 24 heavy (non-hydrogen) atoms. The first-order valence-electron chi connectivity index (χ1n) is 8.12. The first-order chi connectivity index (χ1) is 11.5. The van der Waals surface area contributed by atoms with Crippen molar-refractivity contribution in [2.24, 2.45) is 0 Å². The van der Waals surface area contributed by atoms with Crippen molar-refractivity contribution in [1.82, 2.24) is 10.2 Å². The lowest BCUT2D eigenvalue weighted by atomic mass is 10.0. The zero-order chi connectivity index (χ0) is 17.1. The minimum Gasteiger partial charge on any atom is -0.508 e. The minimum atomic E-state index is 0.201. The summed E-state index contributed by atoms with van der Waals surface area (Å²) in [4.78, 5) is 2.30. The van der Waals surface area contributed by atoms with Crippen LogP contribution in [0.3, 0.4) is 0 Å². The molecule has 0 bridgehead atoms. The molecule has 0 radical (unpaired) electrons. The smallest absolute Gasteiger partial charge is 0.120 e. The van der Waals surface area contributed by atoms with Crippen molar-refractivity contribution in [3.8, 4) is 11.5 Å². The second-order valence-electron chi connectivity index (χ2n) is 6.31. The number of phenols is 2. The van der Waals surface area contributed by atoms with Gasteiger partial charge in [-0.2, -0.15) is 0 Å². The van der Waals surface area contributed by atoms with Crippen LogP contribution in [0.4, 0.5) is 11.4 Å². The third kappa shape index (κ3) is 3.72. The SMILES string of the molecule is Nc1ccc(O)c(CC2CNCCN2Cc2cc(N)ccc2O)c1. The van der Waals surface area contributed by atoms with Crippen LogP contribution < -0.4 is 16.8 Å². The molecule has 2 aromatic rings. The van der Waals surface area contributed by atoms with Crippen LogP contribution in [-0.4, -0.2) is 40.8 Å². The van der Waals surface area contributed by atoms with Crippen LogP contribution in [0.2, 0.25) is 0 Å². The number of nitrogens with two attached hydrogens (primary N) is 2. The summed E-state index contributed by atoms with van der Waals surface area (Å²) in [5, 5.41) is 23.5. The molecule has 0 amide bonds. The van der Waals surface area contributed by atoms with Gasteiger partial charge in [0.05, 0.1) is 0 Å². The van der Waals surface area contributed by atoms with Gasteiger partial charge in [-0.3, -0.25) is 4.90 Å². The Balaban J connectivity index is 1.78. The van der Waals surface area contributed by atoms with Gasteiger partial charge in [-0.1, -0.05) is 0 Å². The van der Waals surface area contributed by atoms with Crippen molar-refractivity contribution < 1.29 is 10.2 Å². The van der Waals surface area contributed by atoms with Crippen LogP contribution in [0, 0.1) is 0 Å². The number of hydrogen-bond donors (Lipinski definition) is 5. The number of nitrogens with zero attached hydrogens (tertiary/aromatic N) is 1. The normalized spacial score (nSPS) is 18.6. The molecule has 2 aromatic carbocycles. The second kappa shape index (κ2) is 6.98. The highest BCUT2D eigenvalue weighted by atomic mass is 16.3. The maximum absolute atomic E-state index is 10.1. The Hall–Kier alpha value is -2.44. The Morgan fingerprint density at radius 2 is 1.62 bits per heavy atom. The van der Waals surface area contributed by atoms with Gasteiger partial charge < -0.3 is 27.0 Å². The molecule has 0 spiro atoms. The lowest BCUT2D eigenvalue weighted by molar-refractivity contribution is 0.150. The van der Waals surface area contributed by atoms with Gasteiger partial charge >= 0.3 is 0 Å². The molecule has 0 saturated carbocycles. The van der Waals surface area contributed by atoms with E-state index in [1.807, 2.05) is 12.1 Å². The maximum Gasteiger partial charge on any atom is 0.120 e. The number of hydrogen-bond acceptors (Lipinski definition) is 6. The molecule has 1 atom stereocenters. The Labute approximate surface area is 141 Å². The predicted molar refractivity (Wildman–Crippen MR) is 95.8 cm³/mol. The zero-order valence-electron chi connectivity index (χ0n) is 13.6. The molecule has 0 aromatic heterocycles. The molecule has 1 saturated heterocycles. The van der Waals surface area contributed by atoms with E-state index in [0.29, 0.717) is 24.3 Å². The van der Waals surface area contributed by atoms with Crippen molar-refractivity contribution in [1.29, 1.82) is 0 Å². The topological polar surface area (TPSA) is 108 Å². The first kappa shape index (κ1) is 16.4. The average molecular weight is 328 g/mol. The van der Waals surface area contributed by atoms with Crippen molar-refractivity contribution in [2.75, 3.05) is 31.1 Å². The van der Waals surface area contributed by atoms with Crippen LogP contribution >= 0.6 is 0 Å². The van der Waals surface area contributed by atoms with Gasteiger partial charge in [0.2, 0.25) is 0 Å². The monoisotopic (exact) mass is 328 g/mol. The van der Waals surface area contributed by atoms with E-state index in [-0.39, 0.29) is 17.5 Å². The standard InChI is InChI=1S/C18H24N4O2/c19-14-1-3-17(23)12(7-14)9-16-10-21-5-6-22(16)11-13-8-15(20)2-4-18(13)24/h1-4,7-8,16,21,23-24H,5-6,9-11,19-20H2. The van der Waals surface area contributed by atoms with E-state index in [2.05, 4.69) is 10.2 Å². The molecule has 6 nitrogen and oxygen atoms in total. The molecule has 1 unspecified atom stereocenters. The zero-order valence-corrected chi connectivity index (χ0v) is 13.6. The molecule has 6 heteroatoms. The predicted octanol–water partition coefficient (Wildman–Crippen LogP) is 1.28. The molecule has 1 aliphatic heterocycles. The lowest BCUT2D eigenvalue weighted by Gasteiger charge is -2.36. The van der Waals surface area contributed by atoms with E-state index in [1.54, 1.807) is 24.3 Å². The van der Waals surface area contributed by atoms with Crippen molar-refractivity contribution >= 4 is 11.4 Å². The largest absolute Gasteiger partial charge is 0.508 e.